The van der Waals surface area contributed by atoms with Gasteiger partial charge in [0.05, 0.1) is 15.1 Å². The Labute approximate surface area is 275 Å². The number of furan rings is 1. The van der Waals surface area contributed by atoms with Crippen LogP contribution in [0.2, 0.25) is 0 Å². The van der Waals surface area contributed by atoms with Crippen LogP contribution in [0, 0.1) is 0 Å². The molecule has 0 radical (unpaired) electrons. The molecule has 0 saturated carbocycles. The van der Waals surface area contributed by atoms with Gasteiger partial charge in [-0.3, -0.25) is 0 Å². The molecule has 0 atom stereocenters. The summed E-state index contributed by atoms with van der Waals surface area (Å²) in [7, 11) is 0. The van der Waals surface area contributed by atoms with Crippen molar-refractivity contribution in [1.29, 1.82) is 0 Å². The smallest absolute Gasteiger partial charge is 0.136 e. The highest BCUT2D eigenvalue weighted by Crippen LogP contribution is 2.42. The van der Waals surface area contributed by atoms with Crippen LogP contribution in [-0.4, -0.2) is 0 Å². The van der Waals surface area contributed by atoms with Gasteiger partial charge in [0.2, 0.25) is 0 Å². The van der Waals surface area contributed by atoms with Crippen molar-refractivity contribution < 1.29 is 19.5 Å². The Kier molecular flexibility index (Phi) is 3.35. The van der Waals surface area contributed by atoms with E-state index >= 15 is 0 Å². The molecule has 0 aliphatic carbocycles. The van der Waals surface area contributed by atoms with Crippen molar-refractivity contribution in [2.75, 3.05) is 0 Å². The highest BCUT2D eigenvalue weighted by atomic mass is 16.3. The zero-order valence-electron chi connectivity index (χ0n) is 34.6. The van der Waals surface area contributed by atoms with E-state index in [4.69, 9.17) is 16.8 Å². The van der Waals surface area contributed by atoms with Crippen LogP contribution in [-0.2, 0) is 0 Å². The summed E-state index contributed by atoms with van der Waals surface area (Å²) in [5.41, 5.74) is 3.97. The van der Waals surface area contributed by atoms with E-state index in [1.54, 1.807) is 6.07 Å². The summed E-state index contributed by atoms with van der Waals surface area (Å²) in [5.74, 6) is 0. The number of rotatable bonds is 2. The van der Waals surface area contributed by atoms with Crippen molar-refractivity contribution in [3.63, 3.8) is 0 Å². The molecule has 9 aromatic carbocycles. The minimum absolute atomic E-state index is 0.00701. The Morgan fingerprint density at radius 1 is 0.422 bits per heavy atom. The minimum atomic E-state index is -0.581. The maximum Gasteiger partial charge on any atom is 0.136 e. The lowest BCUT2D eigenvalue weighted by molar-refractivity contribution is 0.669. The molecule has 0 aliphatic rings. The summed E-state index contributed by atoms with van der Waals surface area (Å²) >= 11 is 0. The van der Waals surface area contributed by atoms with Gasteiger partial charge in [-0.25, -0.2) is 0 Å². The molecule has 1 heterocycles. The predicted octanol–water partition coefficient (Wildman–Crippen LogP) is 12.7. The van der Waals surface area contributed by atoms with Gasteiger partial charge < -0.3 is 4.42 Å². The molecule has 45 heavy (non-hydrogen) atoms. The zero-order chi connectivity index (χ0) is 39.1. The molecule has 10 rings (SSSR count). The molecular weight excluding hydrogens is 544 g/mol. The highest BCUT2D eigenvalue weighted by molar-refractivity contribution is 6.21. The van der Waals surface area contributed by atoms with E-state index in [1.165, 1.54) is 0 Å². The van der Waals surface area contributed by atoms with Crippen LogP contribution in [0.5, 0.6) is 0 Å². The molecular formula is C44H26O. The fraction of sp³-hybridized carbons (Fsp3) is 0. The lowest BCUT2D eigenvalue weighted by Crippen LogP contribution is -1.88. The number of benzene rings is 9. The number of fused-ring (bicyclic) bond motifs is 9. The second kappa shape index (κ2) is 9.29. The molecule has 0 bridgehead atoms. The molecule has 0 saturated heterocycles. The van der Waals surface area contributed by atoms with Crippen LogP contribution in [0.1, 0.15) is 15.1 Å². The first-order chi connectivity index (χ1) is 26.9. The summed E-state index contributed by atoms with van der Waals surface area (Å²) in [4.78, 5) is 0. The summed E-state index contributed by atoms with van der Waals surface area (Å²) in [5, 5.41) is 5.10. The second-order valence-electron chi connectivity index (χ2n) is 11.3. The Morgan fingerprint density at radius 3 is 2.07 bits per heavy atom. The molecule has 1 aromatic heterocycles. The van der Waals surface area contributed by atoms with E-state index in [0.717, 1.165) is 54.6 Å². The van der Waals surface area contributed by atoms with Crippen molar-refractivity contribution in [3.8, 4) is 22.3 Å². The van der Waals surface area contributed by atoms with Crippen molar-refractivity contribution in [1.82, 2.24) is 0 Å². The third-order valence-corrected chi connectivity index (χ3v) is 8.74. The zero-order valence-corrected chi connectivity index (χ0v) is 23.6. The fourth-order valence-electron chi connectivity index (χ4n) is 6.67. The van der Waals surface area contributed by atoms with Gasteiger partial charge in [-0.2, -0.15) is 0 Å². The van der Waals surface area contributed by atoms with Crippen LogP contribution >= 0.6 is 0 Å². The standard InChI is InChI=1S/C44H26O/c1-2-10-30-26-42-40(24-29(30)9-1)44-37(14-7-15-41(44)45-42)32-18-16-27-17-19-33(23-34(27)22-32)43-36-13-6-4-11-31(36)25-39-35-12-5-3-8-28(35)20-21-38(39)43/h1-26H/i3D,4D,5D,6D,8D,11D,12D,13D,20D,21D,25D. The van der Waals surface area contributed by atoms with Crippen molar-refractivity contribution >= 4 is 75.8 Å². The highest BCUT2D eigenvalue weighted by Gasteiger charge is 2.16. The molecule has 208 valence electrons. The van der Waals surface area contributed by atoms with Crippen LogP contribution in [0.15, 0.2) is 162 Å². The van der Waals surface area contributed by atoms with E-state index in [1.807, 2.05) is 66.7 Å². The normalized spacial score (nSPS) is 15.4. The summed E-state index contributed by atoms with van der Waals surface area (Å²) < 4.78 is 104. The van der Waals surface area contributed by atoms with E-state index in [2.05, 4.69) is 18.2 Å². The lowest BCUT2D eigenvalue weighted by atomic mass is 9.88. The van der Waals surface area contributed by atoms with E-state index in [-0.39, 0.29) is 37.9 Å². The van der Waals surface area contributed by atoms with Gasteiger partial charge in [0, 0.05) is 10.8 Å². The molecule has 0 amide bonds. The first kappa shape index (κ1) is 16.2. The van der Waals surface area contributed by atoms with Gasteiger partial charge >= 0.3 is 0 Å². The Morgan fingerprint density at radius 2 is 1.18 bits per heavy atom. The molecule has 0 spiro atoms. The van der Waals surface area contributed by atoms with Gasteiger partial charge in [0.25, 0.3) is 0 Å². The van der Waals surface area contributed by atoms with Crippen LogP contribution in [0.25, 0.3) is 98.1 Å². The van der Waals surface area contributed by atoms with Crippen LogP contribution in [0.4, 0.5) is 0 Å². The monoisotopic (exact) mass is 581 g/mol. The van der Waals surface area contributed by atoms with Crippen molar-refractivity contribution in [2.45, 2.75) is 0 Å². The maximum atomic E-state index is 9.39. The van der Waals surface area contributed by atoms with Gasteiger partial charge in [-0.1, -0.05) is 121 Å². The molecule has 1 nitrogen and oxygen atoms in total. The number of hydrogen-bond acceptors (Lipinski definition) is 1. The quantitative estimate of drug-likeness (QED) is 0.146. The van der Waals surface area contributed by atoms with Gasteiger partial charge in [-0.05, 0) is 112 Å². The molecule has 10 aromatic rings. The average molecular weight is 582 g/mol. The predicted molar refractivity (Wildman–Crippen MR) is 192 cm³/mol. The van der Waals surface area contributed by atoms with Crippen molar-refractivity contribution in [2.24, 2.45) is 0 Å². The fourth-order valence-corrected chi connectivity index (χ4v) is 6.67. The summed E-state index contributed by atoms with van der Waals surface area (Å²) in [6.07, 6.45) is 0. The molecule has 0 N–H and O–H groups in total. The van der Waals surface area contributed by atoms with Gasteiger partial charge in [0.15, 0.2) is 0 Å². The lowest BCUT2D eigenvalue weighted by Gasteiger charge is -2.15. The SMILES string of the molecule is [2H]c1c([2H])c([2H])c2c([2H])c3c(c([2H])c([2H])c4c([2H])c([2H])c([2H])c([2H])c43)c(-c3ccc4ccc(-c5cccc6oc7cc8ccccc8cc7c56)cc4c3)c2c1[2H]. The summed E-state index contributed by atoms with van der Waals surface area (Å²) in [6.45, 7) is 0. The van der Waals surface area contributed by atoms with Crippen LogP contribution in [0.3, 0.4) is 0 Å². The Balaban J connectivity index is 1.32. The maximum absolute atomic E-state index is 9.39. The molecule has 0 unspecified atom stereocenters. The second-order valence-corrected chi connectivity index (χ2v) is 11.3. The molecule has 0 fully saturated rings. The third-order valence-electron chi connectivity index (χ3n) is 8.74. The largest absolute Gasteiger partial charge is 0.456 e. The van der Waals surface area contributed by atoms with Gasteiger partial charge in [0.1, 0.15) is 11.2 Å². The van der Waals surface area contributed by atoms with E-state index < -0.39 is 66.5 Å². The van der Waals surface area contributed by atoms with Crippen LogP contribution < -0.4 is 0 Å². The first-order valence-electron chi connectivity index (χ1n) is 20.1. The Bertz CT molecular complexity index is 3440. The Hall–Kier alpha value is -5.92. The topological polar surface area (TPSA) is 13.1 Å². The van der Waals surface area contributed by atoms with Gasteiger partial charge in [-0.15, -0.1) is 0 Å². The van der Waals surface area contributed by atoms with E-state index in [0.29, 0.717) is 5.56 Å². The van der Waals surface area contributed by atoms with Crippen molar-refractivity contribution in [3.05, 3.63) is 157 Å². The average Bonchev–Trinajstić information content (AvgIpc) is 3.57. The first-order valence-corrected chi connectivity index (χ1v) is 14.6. The third kappa shape index (κ3) is 3.68. The summed E-state index contributed by atoms with van der Waals surface area (Å²) in [6, 6.07) is 24.3. The number of hydrogen-bond donors (Lipinski definition) is 0. The van der Waals surface area contributed by atoms with E-state index in [9.17, 15) is 2.74 Å². The minimum Gasteiger partial charge on any atom is -0.456 e. The molecule has 0 aliphatic heterocycles. The molecule has 1 heteroatoms.